The highest BCUT2D eigenvalue weighted by molar-refractivity contribution is 6.03. The summed E-state index contributed by atoms with van der Waals surface area (Å²) < 4.78 is 6.18. The van der Waals surface area contributed by atoms with Gasteiger partial charge >= 0.3 is 5.97 Å². The van der Waals surface area contributed by atoms with Crippen molar-refractivity contribution in [2.24, 2.45) is 0 Å². The molecule has 1 heterocycles. The van der Waals surface area contributed by atoms with Gasteiger partial charge in [-0.2, -0.15) is 5.10 Å². The van der Waals surface area contributed by atoms with E-state index in [0.717, 1.165) is 4.68 Å². The first-order valence-corrected chi connectivity index (χ1v) is 8.62. The van der Waals surface area contributed by atoms with Crippen LogP contribution in [0.1, 0.15) is 17.4 Å². The van der Waals surface area contributed by atoms with Crippen LogP contribution in [0.25, 0.3) is 10.8 Å². The van der Waals surface area contributed by atoms with Crippen LogP contribution in [0.2, 0.25) is 0 Å². The number of esters is 1. The van der Waals surface area contributed by atoms with E-state index in [2.05, 4.69) is 10.4 Å². The lowest BCUT2D eigenvalue weighted by molar-refractivity contribution is -0.384. The Morgan fingerprint density at radius 2 is 1.79 bits per heavy atom. The number of benzene rings is 2. The molecule has 2 aromatic carbocycles. The third-order valence-electron chi connectivity index (χ3n) is 4.06. The van der Waals surface area contributed by atoms with E-state index in [4.69, 9.17) is 4.74 Å². The zero-order valence-electron chi connectivity index (χ0n) is 15.3. The second kappa shape index (κ2) is 8.30. The van der Waals surface area contributed by atoms with Gasteiger partial charge in [0.25, 0.3) is 17.2 Å². The number of nitrogens with zero attached hydrogens (tertiary/aromatic N) is 3. The standard InChI is InChI=1S/C19H16N4O6/c1-2-22-18(25)15-6-4-3-5-14(15)17(21-22)19(26)29-11-16(24)20-12-7-9-13(10-8-12)23(27)28/h3-10H,2,11H2,1H3,(H,20,24). The van der Waals surface area contributed by atoms with E-state index in [-0.39, 0.29) is 23.5 Å². The molecular formula is C19H16N4O6. The molecule has 10 nitrogen and oxygen atoms in total. The van der Waals surface area contributed by atoms with Crippen LogP contribution in [0.15, 0.2) is 53.3 Å². The monoisotopic (exact) mass is 396 g/mol. The quantitative estimate of drug-likeness (QED) is 0.383. The summed E-state index contributed by atoms with van der Waals surface area (Å²) in [7, 11) is 0. The van der Waals surface area contributed by atoms with Crippen molar-refractivity contribution >= 4 is 34.0 Å². The summed E-state index contributed by atoms with van der Waals surface area (Å²) in [6.07, 6.45) is 0. The van der Waals surface area contributed by atoms with Crippen LogP contribution in [-0.4, -0.2) is 33.2 Å². The molecule has 148 valence electrons. The summed E-state index contributed by atoms with van der Waals surface area (Å²) in [5.41, 5.74) is -0.182. The van der Waals surface area contributed by atoms with Gasteiger partial charge in [0, 0.05) is 29.8 Å². The van der Waals surface area contributed by atoms with Crippen LogP contribution in [-0.2, 0) is 16.1 Å². The fourth-order valence-corrected chi connectivity index (χ4v) is 2.66. The minimum Gasteiger partial charge on any atom is -0.451 e. The molecule has 0 aliphatic rings. The average molecular weight is 396 g/mol. The number of aromatic nitrogens is 2. The molecule has 3 rings (SSSR count). The molecule has 0 saturated heterocycles. The van der Waals surface area contributed by atoms with Crippen molar-refractivity contribution in [1.29, 1.82) is 0 Å². The van der Waals surface area contributed by atoms with Gasteiger partial charge in [0.2, 0.25) is 0 Å². The van der Waals surface area contributed by atoms with E-state index in [9.17, 15) is 24.5 Å². The van der Waals surface area contributed by atoms with Gasteiger partial charge in [-0.25, -0.2) is 9.48 Å². The third-order valence-corrected chi connectivity index (χ3v) is 4.06. The minimum atomic E-state index is -0.845. The van der Waals surface area contributed by atoms with Crippen LogP contribution in [0, 0.1) is 10.1 Å². The lowest BCUT2D eigenvalue weighted by atomic mass is 10.1. The van der Waals surface area contributed by atoms with Gasteiger partial charge in [0.05, 0.1) is 10.3 Å². The SMILES string of the molecule is CCn1nc(C(=O)OCC(=O)Nc2ccc([N+](=O)[O-])cc2)c2ccccc2c1=O. The Morgan fingerprint density at radius 1 is 1.14 bits per heavy atom. The largest absolute Gasteiger partial charge is 0.451 e. The number of amides is 1. The van der Waals surface area contributed by atoms with Crippen molar-refractivity contribution in [3.63, 3.8) is 0 Å². The van der Waals surface area contributed by atoms with Crippen molar-refractivity contribution in [2.75, 3.05) is 11.9 Å². The van der Waals surface area contributed by atoms with Gasteiger partial charge in [0.1, 0.15) is 0 Å². The predicted molar refractivity (Wildman–Crippen MR) is 104 cm³/mol. The summed E-state index contributed by atoms with van der Waals surface area (Å²) in [4.78, 5) is 46.9. The Morgan fingerprint density at radius 3 is 2.41 bits per heavy atom. The van der Waals surface area contributed by atoms with Gasteiger partial charge in [-0.3, -0.25) is 19.7 Å². The van der Waals surface area contributed by atoms with Crippen LogP contribution in [0.3, 0.4) is 0 Å². The van der Waals surface area contributed by atoms with Crippen LogP contribution in [0.4, 0.5) is 11.4 Å². The number of nitro groups is 1. The molecule has 0 bridgehead atoms. The molecule has 1 amide bonds. The lowest BCUT2D eigenvalue weighted by Gasteiger charge is -2.10. The van der Waals surface area contributed by atoms with Crippen LogP contribution >= 0.6 is 0 Å². The zero-order valence-corrected chi connectivity index (χ0v) is 15.3. The topological polar surface area (TPSA) is 133 Å². The van der Waals surface area contributed by atoms with Crippen LogP contribution in [0.5, 0.6) is 0 Å². The molecule has 0 aliphatic carbocycles. The second-order valence-electron chi connectivity index (χ2n) is 5.94. The molecule has 1 aromatic heterocycles. The molecule has 0 radical (unpaired) electrons. The van der Waals surface area contributed by atoms with Gasteiger partial charge in [-0.15, -0.1) is 0 Å². The first-order valence-electron chi connectivity index (χ1n) is 8.62. The average Bonchev–Trinajstić information content (AvgIpc) is 2.73. The Labute approximate surface area is 163 Å². The smallest absolute Gasteiger partial charge is 0.359 e. The molecule has 0 fully saturated rings. The van der Waals surface area contributed by atoms with Gasteiger partial charge in [-0.1, -0.05) is 18.2 Å². The fraction of sp³-hybridized carbons (Fsp3) is 0.158. The number of hydrogen-bond acceptors (Lipinski definition) is 7. The van der Waals surface area contributed by atoms with E-state index >= 15 is 0 Å². The van der Waals surface area contributed by atoms with Gasteiger partial charge in [0.15, 0.2) is 12.3 Å². The summed E-state index contributed by atoms with van der Waals surface area (Å²) in [6.45, 7) is 1.40. The number of anilines is 1. The van der Waals surface area contributed by atoms with E-state index < -0.39 is 23.4 Å². The number of non-ortho nitro benzene ring substituents is 1. The first kappa shape index (κ1) is 19.7. The predicted octanol–water partition coefficient (Wildman–Crippen LogP) is 2.12. The van der Waals surface area contributed by atoms with Crippen LogP contribution < -0.4 is 10.9 Å². The summed E-state index contributed by atoms with van der Waals surface area (Å²) in [6, 6.07) is 11.7. The molecule has 29 heavy (non-hydrogen) atoms. The maximum absolute atomic E-state index is 12.5. The molecule has 0 saturated carbocycles. The third kappa shape index (κ3) is 4.26. The van der Waals surface area contributed by atoms with Crippen molar-refractivity contribution in [3.05, 3.63) is 74.7 Å². The van der Waals surface area contributed by atoms with E-state index in [1.165, 1.54) is 24.3 Å². The highest BCUT2D eigenvalue weighted by atomic mass is 16.6. The number of nitro benzene ring substituents is 1. The number of carbonyl (C=O) groups is 2. The van der Waals surface area contributed by atoms with Crippen molar-refractivity contribution in [2.45, 2.75) is 13.5 Å². The van der Waals surface area contributed by atoms with Gasteiger partial charge in [-0.05, 0) is 25.1 Å². The van der Waals surface area contributed by atoms with E-state index in [1.54, 1.807) is 31.2 Å². The maximum Gasteiger partial charge on any atom is 0.359 e. The van der Waals surface area contributed by atoms with E-state index in [1.807, 2.05) is 0 Å². The Balaban J connectivity index is 1.72. The van der Waals surface area contributed by atoms with Crippen molar-refractivity contribution in [1.82, 2.24) is 9.78 Å². The highest BCUT2D eigenvalue weighted by Gasteiger charge is 2.18. The molecule has 0 aliphatic heterocycles. The molecular weight excluding hydrogens is 380 g/mol. The number of fused-ring (bicyclic) bond motifs is 1. The maximum atomic E-state index is 12.5. The summed E-state index contributed by atoms with van der Waals surface area (Å²) >= 11 is 0. The zero-order chi connectivity index (χ0) is 21.0. The number of aryl methyl sites for hydroxylation is 1. The van der Waals surface area contributed by atoms with Crippen molar-refractivity contribution < 1.29 is 19.2 Å². The molecule has 0 unspecified atom stereocenters. The number of carbonyl (C=O) groups excluding carboxylic acids is 2. The Hall–Kier alpha value is -4.08. The molecule has 3 aromatic rings. The fourth-order valence-electron chi connectivity index (χ4n) is 2.66. The molecule has 0 spiro atoms. The lowest BCUT2D eigenvalue weighted by Crippen LogP contribution is -2.27. The first-order chi connectivity index (χ1) is 13.9. The number of rotatable bonds is 6. The van der Waals surface area contributed by atoms with E-state index in [0.29, 0.717) is 16.5 Å². The molecule has 10 heteroatoms. The Bertz CT molecular complexity index is 1150. The second-order valence-corrected chi connectivity index (χ2v) is 5.94. The van der Waals surface area contributed by atoms with Gasteiger partial charge < -0.3 is 10.1 Å². The number of hydrogen-bond donors (Lipinski definition) is 1. The summed E-state index contributed by atoms with van der Waals surface area (Å²) in [5, 5.41) is 17.8. The number of ether oxygens (including phenoxy) is 1. The minimum absolute atomic E-state index is 0.0646. The highest BCUT2D eigenvalue weighted by Crippen LogP contribution is 2.16. The molecule has 0 atom stereocenters. The Kier molecular flexibility index (Phi) is 5.63. The van der Waals surface area contributed by atoms with Crippen molar-refractivity contribution in [3.8, 4) is 0 Å². The molecule has 1 N–H and O–H groups in total. The summed E-state index contributed by atoms with van der Waals surface area (Å²) in [5.74, 6) is -1.47. The normalized spacial score (nSPS) is 10.5. The number of nitrogens with one attached hydrogen (secondary N) is 1.